The smallest absolute Gasteiger partial charge is 0.238 e. The van der Waals surface area contributed by atoms with Crippen LogP contribution >= 0.6 is 0 Å². The van der Waals surface area contributed by atoms with Gasteiger partial charge in [-0.3, -0.25) is 14.5 Å². The van der Waals surface area contributed by atoms with E-state index in [1.54, 1.807) is 24.3 Å². The molecule has 0 aromatic heterocycles. The van der Waals surface area contributed by atoms with E-state index >= 15 is 0 Å². The first-order valence-electron chi connectivity index (χ1n) is 8.84. The van der Waals surface area contributed by atoms with Crippen molar-refractivity contribution in [2.75, 3.05) is 24.2 Å². The maximum atomic E-state index is 12.2. The van der Waals surface area contributed by atoms with Gasteiger partial charge in [-0.05, 0) is 42.8 Å². The molecule has 138 valence electrons. The second kappa shape index (κ2) is 9.73. The van der Waals surface area contributed by atoms with Gasteiger partial charge < -0.3 is 10.6 Å². The molecule has 0 spiro atoms. The average molecular weight is 353 g/mol. The van der Waals surface area contributed by atoms with Gasteiger partial charge in [-0.15, -0.1) is 0 Å². The number of carbonyl (C=O) groups excluding carboxylic acids is 2. The molecule has 0 atom stereocenters. The summed E-state index contributed by atoms with van der Waals surface area (Å²) in [7, 11) is 1.92. The molecular formula is C21H27N3O2. The third-order valence-electron chi connectivity index (χ3n) is 3.75. The minimum absolute atomic E-state index is 0.000627. The number of benzene rings is 2. The van der Waals surface area contributed by atoms with Crippen molar-refractivity contribution in [2.45, 2.75) is 26.8 Å². The number of rotatable bonds is 8. The van der Waals surface area contributed by atoms with Crippen LogP contribution in [0, 0.1) is 5.92 Å². The van der Waals surface area contributed by atoms with E-state index in [1.807, 2.05) is 56.1 Å². The second-order valence-corrected chi connectivity index (χ2v) is 6.93. The molecule has 0 saturated carbocycles. The largest absolute Gasteiger partial charge is 0.326 e. The highest BCUT2D eigenvalue weighted by Gasteiger charge is 2.08. The minimum Gasteiger partial charge on any atom is -0.326 e. The number of likely N-dealkylation sites (N-methyl/N-ethyl adjacent to an activating group) is 1. The molecule has 5 heteroatoms. The Labute approximate surface area is 155 Å². The lowest BCUT2D eigenvalue weighted by Gasteiger charge is -2.16. The molecule has 0 saturated heterocycles. The third kappa shape index (κ3) is 7.07. The summed E-state index contributed by atoms with van der Waals surface area (Å²) in [6.07, 6.45) is 0.492. The van der Waals surface area contributed by atoms with Crippen LogP contribution in [-0.4, -0.2) is 30.3 Å². The maximum Gasteiger partial charge on any atom is 0.238 e. The highest BCUT2D eigenvalue weighted by Crippen LogP contribution is 2.14. The molecule has 2 N–H and O–H groups in total. The fourth-order valence-corrected chi connectivity index (χ4v) is 2.62. The van der Waals surface area contributed by atoms with Gasteiger partial charge in [0.05, 0.1) is 6.54 Å². The van der Waals surface area contributed by atoms with E-state index in [9.17, 15) is 9.59 Å². The molecule has 26 heavy (non-hydrogen) atoms. The predicted molar refractivity (Wildman–Crippen MR) is 106 cm³/mol. The van der Waals surface area contributed by atoms with E-state index in [2.05, 4.69) is 10.6 Å². The van der Waals surface area contributed by atoms with Crippen LogP contribution in [0.4, 0.5) is 11.4 Å². The van der Waals surface area contributed by atoms with E-state index < -0.39 is 0 Å². The summed E-state index contributed by atoms with van der Waals surface area (Å²) in [5, 5.41) is 5.73. The van der Waals surface area contributed by atoms with Crippen molar-refractivity contribution in [1.82, 2.24) is 4.90 Å². The standard InChI is InChI=1S/C21H27N3O2/c1-16(2)13-20(25)22-18-9-11-19(12-10-18)23-21(26)15-24(3)14-17-7-5-4-6-8-17/h4-12,16H,13-15H2,1-3H3,(H,22,25)(H,23,26). The number of hydrogen-bond acceptors (Lipinski definition) is 3. The van der Waals surface area contributed by atoms with Crippen LogP contribution in [0.15, 0.2) is 54.6 Å². The molecule has 2 rings (SSSR count). The molecule has 0 aliphatic carbocycles. The predicted octanol–water partition coefficient (Wildman–Crippen LogP) is 3.74. The first kappa shape index (κ1) is 19.7. The topological polar surface area (TPSA) is 61.4 Å². The van der Waals surface area contributed by atoms with E-state index in [1.165, 1.54) is 5.56 Å². The number of nitrogens with zero attached hydrogens (tertiary/aromatic N) is 1. The van der Waals surface area contributed by atoms with Gasteiger partial charge in [0, 0.05) is 24.3 Å². The van der Waals surface area contributed by atoms with Crippen molar-refractivity contribution in [2.24, 2.45) is 5.92 Å². The van der Waals surface area contributed by atoms with Crippen LogP contribution in [0.2, 0.25) is 0 Å². The molecule has 0 heterocycles. The van der Waals surface area contributed by atoms with Crippen molar-refractivity contribution in [3.8, 4) is 0 Å². The summed E-state index contributed by atoms with van der Waals surface area (Å²) in [5.41, 5.74) is 2.61. The lowest BCUT2D eigenvalue weighted by atomic mass is 10.1. The highest BCUT2D eigenvalue weighted by atomic mass is 16.2. The molecule has 2 amide bonds. The Hall–Kier alpha value is -2.66. The lowest BCUT2D eigenvalue weighted by molar-refractivity contribution is -0.117. The fraction of sp³-hybridized carbons (Fsp3) is 0.333. The third-order valence-corrected chi connectivity index (χ3v) is 3.75. The van der Waals surface area contributed by atoms with E-state index in [0.717, 1.165) is 12.2 Å². The van der Waals surface area contributed by atoms with Gasteiger partial charge in [-0.2, -0.15) is 0 Å². The zero-order valence-corrected chi connectivity index (χ0v) is 15.7. The average Bonchev–Trinajstić information content (AvgIpc) is 2.56. The fourth-order valence-electron chi connectivity index (χ4n) is 2.62. The summed E-state index contributed by atoms with van der Waals surface area (Å²) in [4.78, 5) is 25.9. The Balaban J connectivity index is 1.80. The van der Waals surface area contributed by atoms with Crippen LogP contribution < -0.4 is 10.6 Å². The van der Waals surface area contributed by atoms with Gasteiger partial charge >= 0.3 is 0 Å². The summed E-state index contributed by atoms with van der Waals surface area (Å²) < 4.78 is 0. The monoisotopic (exact) mass is 353 g/mol. The van der Waals surface area contributed by atoms with Gasteiger partial charge in [-0.25, -0.2) is 0 Å². The summed E-state index contributed by atoms with van der Waals surface area (Å²) in [6.45, 7) is 5.04. The first-order chi connectivity index (χ1) is 12.4. The molecule has 2 aromatic carbocycles. The van der Waals surface area contributed by atoms with Crippen LogP contribution in [0.25, 0.3) is 0 Å². The van der Waals surface area contributed by atoms with Crippen molar-refractivity contribution in [3.05, 3.63) is 60.2 Å². The number of anilines is 2. The number of nitrogens with one attached hydrogen (secondary N) is 2. The summed E-state index contributed by atoms with van der Waals surface area (Å²) >= 11 is 0. The minimum atomic E-state index is -0.0694. The Morgan fingerprint density at radius 1 is 0.885 bits per heavy atom. The molecular weight excluding hydrogens is 326 g/mol. The van der Waals surface area contributed by atoms with Crippen molar-refractivity contribution < 1.29 is 9.59 Å². The normalized spacial score (nSPS) is 10.8. The van der Waals surface area contributed by atoms with Crippen LogP contribution in [-0.2, 0) is 16.1 Å². The molecule has 0 bridgehead atoms. The first-order valence-corrected chi connectivity index (χ1v) is 8.84. The maximum absolute atomic E-state index is 12.2. The molecule has 5 nitrogen and oxygen atoms in total. The second-order valence-electron chi connectivity index (χ2n) is 6.93. The van der Waals surface area contributed by atoms with E-state index in [4.69, 9.17) is 0 Å². The van der Waals surface area contributed by atoms with Crippen LogP contribution in [0.3, 0.4) is 0 Å². The molecule has 0 aliphatic heterocycles. The quantitative estimate of drug-likeness (QED) is 0.760. The van der Waals surface area contributed by atoms with Crippen molar-refractivity contribution in [3.63, 3.8) is 0 Å². The summed E-state index contributed by atoms with van der Waals surface area (Å²) in [5.74, 6) is 0.251. The highest BCUT2D eigenvalue weighted by molar-refractivity contribution is 5.93. The lowest BCUT2D eigenvalue weighted by Crippen LogP contribution is -2.29. The van der Waals surface area contributed by atoms with Crippen molar-refractivity contribution >= 4 is 23.2 Å². The molecule has 0 aliphatic rings. The van der Waals surface area contributed by atoms with E-state index in [0.29, 0.717) is 24.6 Å². The number of amides is 2. The molecule has 0 radical (unpaired) electrons. The van der Waals surface area contributed by atoms with E-state index in [-0.39, 0.29) is 11.8 Å². The molecule has 0 fully saturated rings. The molecule has 2 aromatic rings. The van der Waals surface area contributed by atoms with Crippen LogP contribution in [0.1, 0.15) is 25.8 Å². The Kier molecular flexibility index (Phi) is 7.36. The van der Waals surface area contributed by atoms with Gasteiger partial charge in [0.2, 0.25) is 11.8 Å². The Morgan fingerprint density at radius 3 is 1.96 bits per heavy atom. The van der Waals surface area contributed by atoms with Gasteiger partial charge in [-0.1, -0.05) is 44.2 Å². The Morgan fingerprint density at radius 2 is 1.42 bits per heavy atom. The van der Waals surface area contributed by atoms with Crippen molar-refractivity contribution in [1.29, 1.82) is 0 Å². The zero-order valence-electron chi connectivity index (χ0n) is 15.7. The summed E-state index contributed by atoms with van der Waals surface area (Å²) in [6, 6.07) is 17.2. The Bertz CT molecular complexity index is 712. The number of hydrogen-bond donors (Lipinski definition) is 2. The SMILES string of the molecule is CC(C)CC(=O)Nc1ccc(NC(=O)CN(C)Cc2ccccc2)cc1. The van der Waals surface area contributed by atoms with Gasteiger partial charge in [0.1, 0.15) is 0 Å². The molecule has 0 unspecified atom stereocenters. The van der Waals surface area contributed by atoms with Crippen LogP contribution in [0.5, 0.6) is 0 Å². The van der Waals surface area contributed by atoms with Gasteiger partial charge in [0.25, 0.3) is 0 Å². The zero-order chi connectivity index (χ0) is 18.9. The number of carbonyl (C=O) groups is 2. The van der Waals surface area contributed by atoms with Gasteiger partial charge in [0.15, 0.2) is 0 Å².